The van der Waals surface area contributed by atoms with Crippen LogP contribution in [0.15, 0.2) is 32.8 Å². The van der Waals surface area contributed by atoms with Crippen molar-refractivity contribution in [3.05, 3.63) is 40.4 Å². The van der Waals surface area contributed by atoms with Crippen LogP contribution < -0.4 is 0 Å². The number of carbonyl (C=O) groups is 1. The second-order valence-corrected chi connectivity index (χ2v) is 10.6. The van der Waals surface area contributed by atoms with E-state index in [2.05, 4.69) is 4.98 Å². The molecule has 0 saturated carbocycles. The third-order valence-corrected chi connectivity index (χ3v) is 8.64. The summed E-state index contributed by atoms with van der Waals surface area (Å²) in [5.74, 6) is 0.354. The molecule has 0 bridgehead atoms. The predicted molar refractivity (Wildman–Crippen MR) is 109 cm³/mol. The molecule has 1 aromatic heterocycles. The van der Waals surface area contributed by atoms with Crippen LogP contribution >= 0.6 is 23.1 Å². The fourth-order valence-electron chi connectivity index (χ4n) is 2.81. The number of aromatic nitrogens is 1. The second-order valence-electron chi connectivity index (χ2n) is 6.57. The number of thioether (sulfide) groups is 1. The van der Waals surface area contributed by atoms with Crippen molar-refractivity contribution in [2.24, 2.45) is 0 Å². The number of nitrogens with zero attached hydrogens (tertiary/aromatic N) is 3. The molecule has 0 radical (unpaired) electrons. The minimum Gasteiger partial charge on any atom is -0.339 e. The van der Waals surface area contributed by atoms with E-state index in [1.807, 2.05) is 32.2 Å². The minimum atomic E-state index is -3.52. The van der Waals surface area contributed by atoms with Crippen molar-refractivity contribution in [1.82, 2.24) is 14.2 Å². The molecule has 1 aromatic carbocycles. The maximum atomic E-state index is 12.9. The topological polar surface area (TPSA) is 70.6 Å². The SMILES string of the molecule is Cc1csc(SCC(=O)N2CCN(S(=O)(=O)c3ccc(C)c(C)c3)CC2)n1. The summed E-state index contributed by atoms with van der Waals surface area (Å²) < 4.78 is 28.1. The van der Waals surface area contributed by atoms with Gasteiger partial charge in [0.2, 0.25) is 15.9 Å². The molecule has 3 rings (SSSR count). The van der Waals surface area contributed by atoms with E-state index >= 15 is 0 Å². The number of hydrogen-bond donors (Lipinski definition) is 0. The number of benzene rings is 1. The number of rotatable bonds is 5. The number of amides is 1. The van der Waals surface area contributed by atoms with Gasteiger partial charge in [0, 0.05) is 37.3 Å². The van der Waals surface area contributed by atoms with Gasteiger partial charge in [0.05, 0.1) is 10.6 Å². The van der Waals surface area contributed by atoms with E-state index in [1.165, 1.54) is 27.4 Å². The van der Waals surface area contributed by atoms with Crippen LogP contribution in [0.5, 0.6) is 0 Å². The van der Waals surface area contributed by atoms with E-state index in [4.69, 9.17) is 0 Å². The summed E-state index contributed by atoms with van der Waals surface area (Å²) in [4.78, 5) is 18.8. The highest BCUT2D eigenvalue weighted by Crippen LogP contribution is 2.24. The molecule has 1 fully saturated rings. The summed E-state index contributed by atoms with van der Waals surface area (Å²) >= 11 is 2.97. The van der Waals surface area contributed by atoms with Crippen molar-refractivity contribution in [2.75, 3.05) is 31.9 Å². The van der Waals surface area contributed by atoms with Gasteiger partial charge in [0.25, 0.3) is 0 Å². The molecular weight excluding hydrogens is 402 g/mol. The molecule has 0 atom stereocenters. The van der Waals surface area contributed by atoms with Crippen LogP contribution in [0.25, 0.3) is 0 Å². The highest BCUT2D eigenvalue weighted by Gasteiger charge is 2.30. The summed E-state index contributed by atoms with van der Waals surface area (Å²) in [6, 6.07) is 5.20. The molecule has 0 aliphatic carbocycles. The molecule has 2 aromatic rings. The van der Waals surface area contributed by atoms with Crippen LogP contribution in [0.3, 0.4) is 0 Å². The first-order chi connectivity index (χ1) is 12.8. The number of piperazine rings is 1. The Morgan fingerprint density at radius 2 is 1.85 bits per heavy atom. The molecule has 6 nitrogen and oxygen atoms in total. The Morgan fingerprint density at radius 1 is 1.15 bits per heavy atom. The molecule has 1 aliphatic heterocycles. The van der Waals surface area contributed by atoms with Crippen LogP contribution in [0.1, 0.15) is 16.8 Å². The standard InChI is InChI=1S/C18H23N3O3S3/c1-13-4-5-16(10-14(13)2)27(23,24)21-8-6-20(7-9-21)17(22)12-26-18-19-15(3)11-25-18/h4-5,10-11H,6-9,12H2,1-3H3. The molecule has 0 unspecified atom stereocenters. The molecule has 9 heteroatoms. The number of thiazole rings is 1. The van der Waals surface area contributed by atoms with E-state index < -0.39 is 10.0 Å². The van der Waals surface area contributed by atoms with Gasteiger partial charge in [-0.05, 0) is 44.0 Å². The van der Waals surface area contributed by atoms with E-state index in [-0.39, 0.29) is 5.91 Å². The van der Waals surface area contributed by atoms with Gasteiger partial charge in [-0.15, -0.1) is 11.3 Å². The molecule has 1 aliphatic rings. The van der Waals surface area contributed by atoms with Crippen LogP contribution in [0.4, 0.5) is 0 Å². The van der Waals surface area contributed by atoms with Crippen molar-refractivity contribution in [3.8, 4) is 0 Å². The molecule has 0 N–H and O–H groups in total. The number of carbonyl (C=O) groups excluding carboxylic acids is 1. The minimum absolute atomic E-state index is 0.0241. The highest BCUT2D eigenvalue weighted by molar-refractivity contribution is 8.01. The maximum Gasteiger partial charge on any atom is 0.243 e. The van der Waals surface area contributed by atoms with Crippen molar-refractivity contribution >= 4 is 39.0 Å². The zero-order valence-electron chi connectivity index (χ0n) is 15.6. The molecule has 1 saturated heterocycles. The van der Waals surface area contributed by atoms with Crippen molar-refractivity contribution in [1.29, 1.82) is 0 Å². The fourth-order valence-corrected chi connectivity index (χ4v) is 6.07. The van der Waals surface area contributed by atoms with Crippen molar-refractivity contribution < 1.29 is 13.2 Å². The zero-order chi connectivity index (χ0) is 19.6. The first-order valence-corrected chi connectivity index (χ1v) is 12.0. The third-order valence-electron chi connectivity index (χ3n) is 4.62. The first kappa shape index (κ1) is 20.3. The molecule has 146 valence electrons. The average Bonchev–Trinajstić information content (AvgIpc) is 3.07. The molecule has 27 heavy (non-hydrogen) atoms. The van der Waals surface area contributed by atoms with Crippen molar-refractivity contribution in [2.45, 2.75) is 30.0 Å². The summed E-state index contributed by atoms with van der Waals surface area (Å²) in [6.45, 7) is 7.27. The summed E-state index contributed by atoms with van der Waals surface area (Å²) in [5.41, 5.74) is 2.98. The van der Waals surface area contributed by atoms with Gasteiger partial charge in [-0.2, -0.15) is 4.31 Å². The smallest absolute Gasteiger partial charge is 0.243 e. The van der Waals surface area contributed by atoms with E-state index in [0.717, 1.165) is 21.2 Å². The Morgan fingerprint density at radius 3 is 2.44 bits per heavy atom. The fraction of sp³-hybridized carbons (Fsp3) is 0.444. The molecular formula is C18H23N3O3S3. The van der Waals surface area contributed by atoms with Crippen LogP contribution in [0, 0.1) is 20.8 Å². The summed E-state index contributed by atoms with van der Waals surface area (Å²) in [5, 5.41) is 1.96. The third kappa shape index (κ3) is 4.71. The Bertz CT molecular complexity index is 932. The van der Waals surface area contributed by atoms with E-state index in [1.54, 1.807) is 17.0 Å². The lowest BCUT2D eigenvalue weighted by Crippen LogP contribution is -2.50. The zero-order valence-corrected chi connectivity index (χ0v) is 18.1. The summed E-state index contributed by atoms with van der Waals surface area (Å²) in [7, 11) is -3.52. The van der Waals surface area contributed by atoms with Gasteiger partial charge >= 0.3 is 0 Å². The van der Waals surface area contributed by atoms with Gasteiger partial charge in [0.15, 0.2) is 4.34 Å². The summed E-state index contributed by atoms with van der Waals surface area (Å²) in [6.07, 6.45) is 0. The number of aryl methyl sites for hydroxylation is 3. The maximum absolute atomic E-state index is 12.9. The molecule has 2 heterocycles. The Labute approximate surface area is 168 Å². The Kier molecular flexibility index (Phi) is 6.25. The second kappa shape index (κ2) is 8.30. The van der Waals surface area contributed by atoms with Crippen LogP contribution in [-0.2, 0) is 14.8 Å². The van der Waals surface area contributed by atoms with E-state index in [0.29, 0.717) is 36.8 Å². The lowest BCUT2D eigenvalue weighted by Gasteiger charge is -2.34. The predicted octanol–water partition coefficient (Wildman–Crippen LogP) is 2.69. The first-order valence-electron chi connectivity index (χ1n) is 8.67. The lowest BCUT2D eigenvalue weighted by atomic mass is 10.1. The average molecular weight is 426 g/mol. The normalized spacial score (nSPS) is 15.9. The van der Waals surface area contributed by atoms with Gasteiger partial charge in [-0.1, -0.05) is 17.8 Å². The van der Waals surface area contributed by atoms with Gasteiger partial charge in [-0.3, -0.25) is 4.79 Å². The van der Waals surface area contributed by atoms with Crippen molar-refractivity contribution in [3.63, 3.8) is 0 Å². The number of sulfonamides is 1. The molecule has 0 spiro atoms. The quantitative estimate of drug-likeness (QED) is 0.689. The van der Waals surface area contributed by atoms with Gasteiger partial charge in [-0.25, -0.2) is 13.4 Å². The highest BCUT2D eigenvalue weighted by atomic mass is 32.2. The molecule has 1 amide bonds. The number of hydrogen-bond acceptors (Lipinski definition) is 6. The largest absolute Gasteiger partial charge is 0.339 e. The van der Waals surface area contributed by atoms with Gasteiger partial charge < -0.3 is 4.90 Å². The van der Waals surface area contributed by atoms with Crippen LogP contribution in [-0.4, -0.2) is 60.4 Å². The lowest BCUT2D eigenvalue weighted by molar-refractivity contribution is -0.129. The Hall–Kier alpha value is -1.42. The van der Waals surface area contributed by atoms with E-state index in [9.17, 15) is 13.2 Å². The Balaban J connectivity index is 1.57. The van der Waals surface area contributed by atoms with Crippen LogP contribution in [0.2, 0.25) is 0 Å². The monoisotopic (exact) mass is 425 g/mol. The van der Waals surface area contributed by atoms with Gasteiger partial charge in [0.1, 0.15) is 0 Å².